The van der Waals surface area contributed by atoms with Crippen molar-refractivity contribution in [3.8, 4) is 5.75 Å². The van der Waals surface area contributed by atoms with Crippen LogP contribution in [0.4, 0.5) is 0 Å². The first kappa shape index (κ1) is 19.3. The second-order valence-corrected chi connectivity index (χ2v) is 8.53. The maximum absolute atomic E-state index is 5.58. The molecule has 136 valence electrons. The summed E-state index contributed by atoms with van der Waals surface area (Å²) >= 11 is 0. The minimum Gasteiger partial charge on any atom is -0.497 e. The molecule has 1 aromatic rings. The molecule has 0 amide bonds. The lowest BCUT2D eigenvalue weighted by Crippen LogP contribution is -2.45. The Morgan fingerprint density at radius 2 is 1.88 bits per heavy atom. The van der Waals surface area contributed by atoms with Crippen molar-refractivity contribution in [3.05, 3.63) is 28.8 Å². The van der Waals surface area contributed by atoms with Gasteiger partial charge in [-0.1, -0.05) is 27.7 Å². The van der Waals surface area contributed by atoms with Gasteiger partial charge in [0.25, 0.3) is 0 Å². The minimum atomic E-state index is 0.242. The zero-order valence-electron chi connectivity index (χ0n) is 17.1. The number of nitrogens with zero attached hydrogens (tertiary/aromatic N) is 1. The number of benzene rings is 1. The SMILES string of the molecule is CCc1cc(OC)cc(C(C)C)c1C1CCN(C(C)(C)C)C1CC. The number of aryl methyl sites for hydroxylation is 1. The van der Waals surface area contributed by atoms with Crippen molar-refractivity contribution >= 4 is 0 Å². The van der Waals surface area contributed by atoms with E-state index >= 15 is 0 Å². The molecule has 0 bridgehead atoms. The van der Waals surface area contributed by atoms with Crippen molar-refractivity contribution in [3.63, 3.8) is 0 Å². The Kier molecular flexibility index (Phi) is 6.01. The number of likely N-dealkylation sites (tertiary alicyclic amines) is 1. The highest BCUT2D eigenvalue weighted by Gasteiger charge is 2.40. The van der Waals surface area contributed by atoms with E-state index in [1.807, 2.05) is 0 Å². The van der Waals surface area contributed by atoms with Crippen LogP contribution in [0.5, 0.6) is 5.75 Å². The second kappa shape index (κ2) is 7.47. The van der Waals surface area contributed by atoms with Crippen LogP contribution in [0.3, 0.4) is 0 Å². The summed E-state index contributed by atoms with van der Waals surface area (Å²) in [7, 11) is 1.78. The van der Waals surface area contributed by atoms with Crippen molar-refractivity contribution in [1.29, 1.82) is 0 Å². The Hall–Kier alpha value is -1.02. The van der Waals surface area contributed by atoms with Crippen LogP contribution in [0.15, 0.2) is 12.1 Å². The molecule has 0 spiro atoms. The van der Waals surface area contributed by atoms with Crippen LogP contribution >= 0.6 is 0 Å². The molecule has 1 aromatic carbocycles. The van der Waals surface area contributed by atoms with Crippen molar-refractivity contribution < 1.29 is 4.74 Å². The molecule has 1 aliphatic rings. The molecule has 2 rings (SSSR count). The molecule has 2 unspecified atom stereocenters. The Labute approximate surface area is 149 Å². The Balaban J connectivity index is 2.54. The quantitative estimate of drug-likeness (QED) is 0.681. The van der Waals surface area contributed by atoms with E-state index in [0.29, 0.717) is 17.9 Å². The summed E-state index contributed by atoms with van der Waals surface area (Å²) in [4.78, 5) is 2.73. The van der Waals surface area contributed by atoms with E-state index in [9.17, 15) is 0 Å². The first-order valence-corrected chi connectivity index (χ1v) is 9.71. The van der Waals surface area contributed by atoms with E-state index in [4.69, 9.17) is 4.74 Å². The smallest absolute Gasteiger partial charge is 0.119 e. The van der Waals surface area contributed by atoms with E-state index in [2.05, 4.69) is 65.5 Å². The average Bonchev–Trinajstić information content (AvgIpc) is 2.96. The number of ether oxygens (including phenoxy) is 1. The van der Waals surface area contributed by atoms with Gasteiger partial charge < -0.3 is 4.74 Å². The fourth-order valence-electron chi connectivity index (χ4n) is 4.58. The summed E-state index contributed by atoms with van der Waals surface area (Å²) in [5.74, 6) is 2.19. The van der Waals surface area contributed by atoms with Crippen molar-refractivity contribution in [2.45, 2.75) is 91.1 Å². The third kappa shape index (κ3) is 3.64. The highest BCUT2D eigenvalue weighted by molar-refractivity contribution is 5.47. The Morgan fingerprint density at radius 1 is 1.21 bits per heavy atom. The molecule has 0 aromatic heterocycles. The summed E-state index contributed by atoms with van der Waals surface area (Å²) in [5.41, 5.74) is 4.83. The van der Waals surface area contributed by atoms with Gasteiger partial charge in [0, 0.05) is 17.5 Å². The monoisotopic (exact) mass is 331 g/mol. The summed E-state index contributed by atoms with van der Waals surface area (Å²) in [6, 6.07) is 5.19. The molecule has 0 N–H and O–H groups in total. The number of rotatable bonds is 5. The van der Waals surface area contributed by atoms with Gasteiger partial charge >= 0.3 is 0 Å². The van der Waals surface area contributed by atoms with Gasteiger partial charge in [0.2, 0.25) is 0 Å². The van der Waals surface area contributed by atoms with E-state index < -0.39 is 0 Å². The van der Waals surface area contributed by atoms with Crippen LogP contribution < -0.4 is 4.74 Å². The summed E-state index contributed by atoms with van der Waals surface area (Å²) in [5, 5.41) is 0. The van der Waals surface area contributed by atoms with E-state index in [1.165, 1.54) is 30.5 Å². The van der Waals surface area contributed by atoms with Crippen LogP contribution in [-0.2, 0) is 6.42 Å². The van der Waals surface area contributed by atoms with Crippen molar-refractivity contribution in [1.82, 2.24) is 4.90 Å². The van der Waals surface area contributed by atoms with Gasteiger partial charge in [-0.3, -0.25) is 4.90 Å². The highest BCUT2D eigenvalue weighted by Crippen LogP contribution is 2.44. The molecule has 2 nitrogen and oxygen atoms in total. The second-order valence-electron chi connectivity index (χ2n) is 8.53. The molecule has 2 heteroatoms. The molecular formula is C22H37NO. The number of hydrogen-bond acceptors (Lipinski definition) is 2. The van der Waals surface area contributed by atoms with Gasteiger partial charge in [0.1, 0.15) is 5.75 Å². The fourth-order valence-corrected chi connectivity index (χ4v) is 4.58. The zero-order chi connectivity index (χ0) is 18.1. The minimum absolute atomic E-state index is 0.242. The van der Waals surface area contributed by atoms with Gasteiger partial charge in [-0.15, -0.1) is 0 Å². The molecule has 1 aliphatic heterocycles. The molecule has 0 aliphatic carbocycles. The van der Waals surface area contributed by atoms with Gasteiger partial charge in [-0.2, -0.15) is 0 Å². The van der Waals surface area contributed by atoms with Crippen LogP contribution in [0.2, 0.25) is 0 Å². The largest absolute Gasteiger partial charge is 0.497 e. The first-order chi connectivity index (χ1) is 11.2. The van der Waals surface area contributed by atoms with Crippen LogP contribution in [-0.4, -0.2) is 30.1 Å². The highest BCUT2D eigenvalue weighted by atomic mass is 16.5. The van der Waals surface area contributed by atoms with E-state index in [-0.39, 0.29) is 5.54 Å². The lowest BCUT2D eigenvalue weighted by Gasteiger charge is -2.39. The van der Waals surface area contributed by atoms with Gasteiger partial charge in [-0.25, -0.2) is 0 Å². The van der Waals surface area contributed by atoms with Gasteiger partial charge in [0.05, 0.1) is 7.11 Å². The van der Waals surface area contributed by atoms with Crippen molar-refractivity contribution in [2.24, 2.45) is 0 Å². The first-order valence-electron chi connectivity index (χ1n) is 9.71. The maximum Gasteiger partial charge on any atom is 0.119 e. The molecule has 1 heterocycles. The summed E-state index contributed by atoms with van der Waals surface area (Å²) in [6.45, 7) is 17.5. The normalized spacial score (nSPS) is 22.4. The maximum atomic E-state index is 5.58. The van der Waals surface area contributed by atoms with Crippen molar-refractivity contribution in [2.75, 3.05) is 13.7 Å². The van der Waals surface area contributed by atoms with E-state index in [0.717, 1.165) is 12.2 Å². The number of hydrogen-bond donors (Lipinski definition) is 0. The molecule has 0 saturated carbocycles. The lowest BCUT2D eigenvalue weighted by molar-refractivity contribution is 0.113. The standard InChI is InChI=1S/C22H37NO/c1-9-16-13-17(24-8)14-19(15(3)4)21(16)18-11-12-23(20(18)10-2)22(5,6)7/h13-15,18,20H,9-12H2,1-8H3. The Morgan fingerprint density at radius 3 is 2.33 bits per heavy atom. The number of methoxy groups -OCH3 is 1. The third-order valence-corrected chi connectivity index (χ3v) is 5.71. The molecule has 0 radical (unpaired) electrons. The fraction of sp³-hybridized carbons (Fsp3) is 0.727. The predicted molar refractivity (Wildman–Crippen MR) is 104 cm³/mol. The van der Waals surface area contributed by atoms with Gasteiger partial charge in [0.15, 0.2) is 0 Å². The van der Waals surface area contributed by atoms with Crippen LogP contribution in [0, 0.1) is 0 Å². The molecular weight excluding hydrogens is 294 g/mol. The zero-order valence-corrected chi connectivity index (χ0v) is 17.1. The third-order valence-electron chi connectivity index (χ3n) is 5.71. The summed E-state index contributed by atoms with van der Waals surface area (Å²) < 4.78 is 5.58. The lowest BCUT2D eigenvalue weighted by atomic mass is 9.80. The molecule has 24 heavy (non-hydrogen) atoms. The van der Waals surface area contributed by atoms with Crippen LogP contribution in [0.1, 0.15) is 89.8 Å². The molecule has 2 atom stereocenters. The molecule has 1 saturated heterocycles. The van der Waals surface area contributed by atoms with E-state index in [1.54, 1.807) is 12.7 Å². The Bertz CT molecular complexity index is 556. The average molecular weight is 332 g/mol. The predicted octanol–water partition coefficient (Wildman–Crippen LogP) is 5.75. The van der Waals surface area contributed by atoms with Gasteiger partial charge in [-0.05, 0) is 81.3 Å². The topological polar surface area (TPSA) is 12.5 Å². The summed E-state index contributed by atoms with van der Waals surface area (Å²) in [6.07, 6.45) is 3.57. The molecule has 1 fully saturated rings. The van der Waals surface area contributed by atoms with Crippen LogP contribution in [0.25, 0.3) is 0 Å².